The summed E-state index contributed by atoms with van der Waals surface area (Å²) in [5.41, 5.74) is 14.6. The molecule has 0 fully saturated rings. The van der Waals surface area contributed by atoms with Gasteiger partial charge in [-0.15, -0.1) is 0 Å². The Bertz CT molecular complexity index is 3430. The van der Waals surface area contributed by atoms with Gasteiger partial charge in [0.15, 0.2) is 11.2 Å². The highest BCUT2D eigenvalue weighted by atomic mass is 16.3. The molecule has 12 rings (SSSR count). The summed E-state index contributed by atoms with van der Waals surface area (Å²) in [5.74, 6) is 0. The van der Waals surface area contributed by atoms with E-state index in [4.69, 9.17) is 8.83 Å². The number of benzene rings is 9. The molecule has 0 aliphatic heterocycles. The number of rotatable bonds is 6. The van der Waals surface area contributed by atoms with Gasteiger partial charge >= 0.3 is 0 Å². The molecule has 4 nitrogen and oxygen atoms in total. The summed E-state index contributed by atoms with van der Waals surface area (Å²) in [5, 5.41) is 6.85. The molecule has 2 heterocycles. The minimum absolute atomic E-state index is 0.332. The van der Waals surface area contributed by atoms with Crippen LogP contribution in [-0.2, 0) is 5.41 Å². The van der Waals surface area contributed by atoms with Gasteiger partial charge in [0.2, 0.25) is 0 Å². The number of para-hydroxylation sites is 6. The van der Waals surface area contributed by atoms with Crippen molar-refractivity contribution in [3.8, 4) is 11.1 Å². The lowest BCUT2D eigenvalue weighted by Crippen LogP contribution is -2.18. The number of nitrogens with zero attached hydrogens (tertiary/aromatic N) is 2. The first-order chi connectivity index (χ1) is 29.0. The zero-order valence-corrected chi connectivity index (χ0v) is 32.7. The summed E-state index contributed by atoms with van der Waals surface area (Å²) in [4.78, 5) is 4.74. The largest absolute Gasteiger partial charge is 0.454 e. The molecule has 0 saturated heterocycles. The Labute approximate surface area is 341 Å². The maximum absolute atomic E-state index is 6.70. The average molecular weight is 759 g/mol. The minimum atomic E-state index is -0.332. The van der Waals surface area contributed by atoms with Crippen LogP contribution in [0.1, 0.15) is 25.0 Å². The van der Waals surface area contributed by atoms with Crippen LogP contribution in [0.4, 0.5) is 34.1 Å². The normalized spacial score (nSPS) is 13.1. The van der Waals surface area contributed by atoms with Crippen molar-refractivity contribution in [2.24, 2.45) is 0 Å². The predicted octanol–water partition coefficient (Wildman–Crippen LogP) is 15.9. The fraction of sp³-hybridized carbons (Fsp3) is 0.0545. The standard InChI is InChI=1S/C55H38N2O2/c1-55(2)45-33-37(56(35-17-5-3-6-18-35)47-27-15-25-42-39-22-11-13-29-50(39)58-53(42)47)31-32-44(45)52-41-24-10-9-21-38(41)49(34-46(52)55)57(36-19-7-4-8-20-36)48-28-16-26-43-40-23-12-14-30-51(40)59-54(43)48/h3-34H,1-2H3. The van der Waals surface area contributed by atoms with E-state index in [2.05, 4.69) is 206 Å². The molecule has 0 bridgehead atoms. The summed E-state index contributed by atoms with van der Waals surface area (Å²) in [6.07, 6.45) is 0. The molecule has 0 amide bonds. The topological polar surface area (TPSA) is 32.8 Å². The quantitative estimate of drug-likeness (QED) is 0.169. The number of hydrogen-bond acceptors (Lipinski definition) is 4. The molecule has 2 aromatic heterocycles. The SMILES string of the molecule is CC1(C)c2cc(N(c3ccccc3)c3cccc4c3oc3ccccc34)ccc2-c2c1cc(N(c1ccccc1)c1cccc3c1oc1ccccc13)c1ccccc21. The van der Waals surface area contributed by atoms with Gasteiger partial charge in [0.25, 0.3) is 0 Å². The van der Waals surface area contributed by atoms with Crippen LogP contribution < -0.4 is 9.80 Å². The third kappa shape index (κ3) is 4.96. The summed E-state index contributed by atoms with van der Waals surface area (Å²) in [7, 11) is 0. The maximum Gasteiger partial charge on any atom is 0.159 e. The van der Waals surface area contributed by atoms with Gasteiger partial charge in [-0.05, 0) is 94.4 Å². The van der Waals surface area contributed by atoms with Crippen molar-refractivity contribution < 1.29 is 8.83 Å². The second-order valence-electron chi connectivity index (χ2n) is 16.1. The summed E-state index contributed by atoms with van der Waals surface area (Å²) in [6.45, 7) is 4.75. The first kappa shape index (κ1) is 33.6. The third-order valence-electron chi connectivity index (χ3n) is 12.4. The van der Waals surface area contributed by atoms with Crippen LogP contribution >= 0.6 is 0 Å². The van der Waals surface area contributed by atoms with E-state index in [1.54, 1.807) is 0 Å². The Morgan fingerprint density at radius 2 is 0.847 bits per heavy atom. The van der Waals surface area contributed by atoms with E-state index in [1.807, 2.05) is 12.1 Å². The highest BCUT2D eigenvalue weighted by Crippen LogP contribution is 2.56. The molecule has 1 aliphatic rings. The summed E-state index contributed by atoms with van der Waals surface area (Å²) >= 11 is 0. The summed E-state index contributed by atoms with van der Waals surface area (Å²) in [6, 6.07) is 69.3. The molecule has 1 aliphatic carbocycles. The molecule has 4 heteroatoms. The highest BCUT2D eigenvalue weighted by molar-refractivity contribution is 6.15. The molecule has 0 unspecified atom stereocenters. The lowest BCUT2D eigenvalue weighted by molar-refractivity contribution is 0.660. The van der Waals surface area contributed by atoms with Gasteiger partial charge in [0.1, 0.15) is 11.2 Å². The van der Waals surface area contributed by atoms with Crippen molar-refractivity contribution in [2.75, 3.05) is 9.80 Å². The minimum Gasteiger partial charge on any atom is -0.454 e. The molecule has 11 aromatic rings. The molecule has 0 atom stereocenters. The smallest absolute Gasteiger partial charge is 0.159 e. The van der Waals surface area contributed by atoms with Gasteiger partial charge in [-0.25, -0.2) is 0 Å². The zero-order valence-electron chi connectivity index (χ0n) is 32.7. The zero-order chi connectivity index (χ0) is 39.2. The fourth-order valence-electron chi connectivity index (χ4n) is 9.68. The molecule has 59 heavy (non-hydrogen) atoms. The number of anilines is 6. The van der Waals surface area contributed by atoms with Gasteiger partial charge in [0, 0.05) is 49.4 Å². The van der Waals surface area contributed by atoms with Crippen molar-refractivity contribution in [1.82, 2.24) is 0 Å². The van der Waals surface area contributed by atoms with Crippen molar-refractivity contribution in [2.45, 2.75) is 19.3 Å². The average Bonchev–Trinajstić information content (AvgIpc) is 3.93. The third-order valence-corrected chi connectivity index (χ3v) is 12.4. The fourth-order valence-corrected chi connectivity index (χ4v) is 9.68. The van der Waals surface area contributed by atoms with Crippen LogP contribution in [0, 0.1) is 0 Å². The van der Waals surface area contributed by atoms with Crippen LogP contribution in [0.3, 0.4) is 0 Å². The van der Waals surface area contributed by atoms with Crippen molar-refractivity contribution in [3.63, 3.8) is 0 Å². The van der Waals surface area contributed by atoms with E-state index in [0.29, 0.717) is 0 Å². The Balaban J connectivity index is 1.08. The monoisotopic (exact) mass is 758 g/mol. The van der Waals surface area contributed by atoms with Gasteiger partial charge < -0.3 is 18.6 Å². The van der Waals surface area contributed by atoms with Gasteiger partial charge in [-0.1, -0.05) is 141 Å². The molecule has 280 valence electrons. The second-order valence-corrected chi connectivity index (χ2v) is 16.1. The molecular weight excluding hydrogens is 721 g/mol. The van der Waals surface area contributed by atoms with E-state index in [-0.39, 0.29) is 5.41 Å². The predicted molar refractivity (Wildman–Crippen MR) is 245 cm³/mol. The Kier molecular flexibility index (Phi) is 7.24. The van der Waals surface area contributed by atoms with Crippen LogP contribution in [0.5, 0.6) is 0 Å². The molecule has 9 aromatic carbocycles. The van der Waals surface area contributed by atoms with E-state index in [0.717, 1.165) is 78.0 Å². The van der Waals surface area contributed by atoms with Crippen LogP contribution in [0.25, 0.3) is 65.8 Å². The number of fused-ring (bicyclic) bond motifs is 11. The van der Waals surface area contributed by atoms with Crippen molar-refractivity contribution in [1.29, 1.82) is 0 Å². The molecule has 0 spiro atoms. The Hall–Kier alpha value is -7.56. The van der Waals surface area contributed by atoms with Gasteiger partial charge in [-0.2, -0.15) is 0 Å². The summed E-state index contributed by atoms with van der Waals surface area (Å²) < 4.78 is 13.3. The Morgan fingerprint density at radius 3 is 1.46 bits per heavy atom. The molecule has 0 N–H and O–H groups in total. The molecular formula is C55H38N2O2. The van der Waals surface area contributed by atoms with E-state index >= 15 is 0 Å². The van der Waals surface area contributed by atoms with Gasteiger partial charge in [0.05, 0.1) is 17.1 Å². The lowest BCUT2D eigenvalue weighted by atomic mass is 9.81. The van der Waals surface area contributed by atoms with Gasteiger partial charge in [-0.3, -0.25) is 0 Å². The van der Waals surface area contributed by atoms with Crippen LogP contribution in [-0.4, -0.2) is 0 Å². The van der Waals surface area contributed by atoms with Crippen molar-refractivity contribution >= 4 is 88.8 Å². The maximum atomic E-state index is 6.70. The van der Waals surface area contributed by atoms with Crippen LogP contribution in [0.15, 0.2) is 203 Å². The number of furan rings is 2. The van der Waals surface area contributed by atoms with E-state index in [1.165, 1.54) is 33.0 Å². The molecule has 0 saturated carbocycles. The van der Waals surface area contributed by atoms with Crippen molar-refractivity contribution in [3.05, 3.63) is 205 Å². The first-order valence-electron chi connectivity index (χ1n) is 20.3. The second kappa shape index (κ2) is 12.7. The van der Waals surface area contributed by atoms with Crippen LogP contribution in [0.2, 0.25) is 0 Å². The van der Waals surface area contributed by atoms with E-state index < -0.39 is 0 Å². The highest BCUT2D eigenvalue weighted by Gasteiger charge is 2.39. The van der Waals surface area contributed by atoms with E-state index in [9.17, 15) is 0 Å². The number of hydrogen-bond donors (Lipinski definition) is 0. The molecule has 0 radical (unpaired) electrons. The Morgan fingerprint density at radius 1 is 0.356 bits per heavy atom. The first-order valence-corrected chi connectivity index (χ1v) is 20.3. The lowest BCUT2D eigenvalue weighted by Gasteiger charge is -2.30.